The Kier molecular flexibility index (Phi) is 10.9. The average molecular weight is 622 g/mol. The Balaban J connectivity index is 1.19. The third kappa shape index (κ3) is 7.44. The smallest absolute Gasteiger partial charge is 0.453 e. The van der Waals surface area contributed by atoms with Crippen molar-refractivity contribution in [1.82, 2.24) is 4.90 Å². The van der Waals surface area contributed by atoms with Gasteiger partial charge in [0.05, 0.1) is 0 Å². The molecule has 238 valence electrons. The normalized spacial score (nSPS) is 27.7. The third-order valence-electron chi connectivity index (χ3n) is 10.3. The molecule has 1 aromatic carbocycles. The number of aromatic hydroxyl groups is 1. The van der Waals surface area contributed by atoms with E-state index in [4.69, 9.17) is 0 Å². The fraction of sp³-hybridized carbons (Fsp3) is 0.781. The zero-order valence-corrected chi connectivity index (χ0v) is 25.6. The number of carbonyl (C=O) groups is 1. The van der Waals surface area contributed by atoms with Crippen molar-refractivity contribution in [2.75, 3.05) is 31.6 Å². The van der Waals surface area contributed by atoms with Crippen LogP contribution in [-0.2, 0) is 11.2 Å². The summed E-state index contributed by atoms with van der Waals surface area (Å²) in [4.78, 5) is 15.1. The lowest BCUT2D eigenvalue weighted by atomic mass is 9.52. The molecule has 3 nitrogen and oxygen atoms in total. The number of nitrogens with zero attached hydrogens (tertiary/aromatic N) is 1. The molecule has 0 amide bonds. The van der Waals surface area contributed by atoms with Gasteiger partial charge in [-0.05, 0) is 124 Å². The average Bonchev–Trinajstić information content (AvgIpc) is 3.20. The highest BCUT2D eigenvalue weighted by Gasteiger charge is 2.57. The van der Waals surface area contributed by atoms with Crippen LogP contribution in [0.5, 0.6) is 5.75 Å². The Morgan fingerprint density at radius 3 is 2.48 bits per heavy atom. The molecule has 5 atom stereocenters. The van der Waals surface area contributed by atoms with Crippen LogP contribution in [0, 0.1) is 29.0 Å². The summed E-state index contributed by atoms with van der Waals surface area (Å²) in [5.41, 5.74) is 1.41. The SMILES string of the molecule is CN(CCCCC[C@@H]1Cc2cc(O)cc(F)c2[C@H]2CC[C@]3(C)C(=O)CC[C@H]3[C@H]12)CCCSCCCC(F)(F)C(F)(F)F. The summed E-state index contributed by atoms with van der Waals surface area (Å²) >= 11 is 1.42. The molecule has 0 bridgehead atoms. The Bertz CT molecular complexity index is 1080. The molecule has 4 rings (SSSR count). The van der Waals surface area contributed by atoms with Crippen molar-refractivity contribution in [3.63, 3.8) is 0 Å². The topological polar surface area (TPSA) is 40.5 Å². The number of alkyl halides is 5. The van der Waals surface area contributed by atoms with E-state index in [0.29, 0.717) is 35.7 Å². The van der Waals surface area contributed by atoms with E-state index < -0.39 is 18.5 Å². The number of ketones is 1. The zero-order valence-electron chi connectivity index (χ0n) is 24.8. The molecule has 1 N–H and O–H groups in total. The quantitative estimate of drug-likeness (QED) is 0.167. The Hall–Kier alpha value is -1.42. The number of hydrogen-bond acceptors (Lipinski definition) is 4. The highest BCUT2D eigenvalue weighted by atomic mass is 32.2. The highest BCUT2D eigenvalue weighted by Crippen LogP contribution is 2.62. The van der Waals surface area contributed by atoms with Gasteiger partial charge in [-0.25, -0.2) is 4.39 Å². The Morgan fingerprint density at radius 2 is 1.74 bits per heavy atom. The van der Waals surface area contributed by atoms with Crippen molar-refractivity contribution in [2.24, 2.45) is 23.2 Å². The number of phenols is 1. The molecule has 42 heavy (non-hydrogen) atoms. The van der Waals surface area contributed by atoms with Crippen molar-refractivity contribution < 1.29 is 36.2 Å². The summed E-state index contributed by atoms with van der Waals surface area (Å²) in [7, 11) is 2.04. The first-order valence-electron chi connectivity index (χ1n) is 15.5. The second-order valence-electron chi connectivity index (χ2n) is 13.1. The molecule has 0 heterocycles. The van der Waals surface area contributed by atoms with Crippen LogP contribution in [0.15, 0.2) is 12.1 Å². The molecule has 2 fully saturated rings. The molecule has 10 heteroatoms. The minimum atomic E-state index is -5.47. The van der Waals surface area contributed by atoms with Crippen LogP contribution in [0.2, 0.25) is 0 Å². The van der Waals surface area contributed by atoms with E-state index in [-0.39, 0.29) is 29.3 Å². The van der Waals surface area contributed by atoms with E-state index in [1.54, 1.807) is 6.07 Å². The summed E-state index contributed by atoms with van der Waals surface area (Å²) in [5, 5.41) is 10.1. The van der Waals surface area contributed by atoms with Gasteiger partial charge < -0.3 is 10.0 Å². The van der Waals surface area contributed by atoms with Crippen molar-refractivity contribution in [1.29, 1.82) is 0 Å². The molecule has 0 saturated heterocycles. The van der Waals surface area contributed by atoms with Crippen LogP contribution in [-0.4, -0.2) is 59.5 Å². The minimum absolute atomic E-state index is 0.0235. The maximum absolute atomic E-state index is 15.1. The molecule has 0 aliphatic heterocycles. The molecule has 3 aliphatic carbocycles. The number of fused-ring (bicyclic) bond motifs is 5. The summed E-state index contributed by atoms with van der Waals surface area (Å²) in [6, 6.07) is 2.97. The first-order chi connectivity index (χ1) is 19.7. The van der Waals surface area contributed by atoms with Gasteiger partial charge in [-0.2, -0.15) is 33.7 Å². The molecule has 0 radical (unpaired) electrons. The molecular formula is C32H45F6NO2S. The molecule has 0 spiro atoms. The van der Waals surface area contributed by atoms with E-state index >= 15 is 4.39 Å². The molecule has 1 aromatic rings. The maximum Gasteiger partial charge on any atom is 0.453 e. The van der Waals surface area contributed by atoms with E-state index in [1.807, 2.05) is 7.05 Å². The van der Waals surface area contributed by atoms with Gasteiger partial charge in [0.15, 0.2) is 0 Å². The third-order valence-corrected chi connectivity index (χ3v) is 11.4. The van der Waals surface area contributed by atoms with Crippen LogP contribution in [0.25, 0.3) is 0 Å². The number of rotatable bonds is 14. The van der Waals surface area contributed by atoms with Crippen molar-refractivity contribution in [3.8, 4) is 5.75 Å². The van der Waals surface area contributed by atoms with Crippen LogP contribution in [0.4, 0.5) is 26.3 Å². The number of thioether (sulfide) groups is 1. The lowest BCUT2D eigenvalue weighted by Gasteiger charge is -2.51. The monoisotopic (exact) mass is 621 g/mol. The first kappa shape index (κ1) is 33.5. The zero-order chi connectivity index (χ0) is 30.7. The number of unbranched alkanes of at least 4 members (excludes halogenated alkanes) is 2. The van der Waals surface area contributed by atoms with E-state index in [0.717, 1.165) is 87.8 Å². The van der Waals surface area contributed by atoms with Gasteiger partial charge in [-0.15, -0.1) is 0 Å². The molecule has 2 saturated carbocycles. The highest BCUT2D eigenvalue weighted by molar-refractivity contribution is 7.99. The van der Waals surface area contributed by atoms with Crippen LogP contribution in [0.3, 0.4) is 0 Å². The number of hydrogen-bond donors (Lipinski definition) is 1. The number of benzene rings is 1. The number of halogens is 6. The fourth-order valence-electron chi connectivity index (χ4n) is 8.07. The predicted molar refractivity (Wildman–Crippen MR) is 155 cm³/mol. The van der Waals surface area contributed by atoms with Gasteiger partial charge in [0, 0.05) is 24.3 Å². The van der Waals surface area contributed by atoms with Crippen molar-refractivity contribution in [2.45, 2.75) is 102 Å². The van der Waals surface area contributed by atoms with E-state index in [2.05, 4.69) is 11.8 Å². The predicted octanol–water partition coefficient (Wildman–Crippen LogP) is 8.78. The van der Waals surface area contributed by atoms with Gasteiger partial charge in [-0.3, -0.25) is 4.79 Å². The minimum Gasteiger partial charge on any atom is -0.508 e. The van der Waals surface area contributed by atoms with Gasteiger partial charge in [-0.1, -0.05) is 19.8 Å². The van der Waals surface area contributed by atoms with Crippen molar-refractivity contribution >= 4 is 17.5 Å². The van der Waals surface area contributed by atoms with Crippen LogP contribution in [0.1, 0.15) is 94.6 Å². The second-order valence-corrected chi connectivity index (χ2v) is 14.3. The largest absolute Gasteiger partial charge is 0.508 e. The van der Waals surface area contributed by atoms with Gasteiger partial charge in [0.1, 0.15) is 17.3 Å². The van der Waals surface area contributed by atoms with Gasteiger partial charge in [0.25, 0.3) is 0 Å². The molecule has 0 unspecified atom stereocenters. The Labute approximate surface area is 250 Å². The van der Waals surface area contributed by atoms with Crippen LogP contribution < -0.4 is 0 Å². The van der Waals surface area contributed by atoms with Crippen molar-refractivity contribution in [3.05, 3.63) is 29.1 Å². The van der Waals surface area contributed by atoms with Gasteiger partial charge >= 0.3 is 12.1 Å². The summed E-state index contributed by atoms with van der Waals surface area (Å²) in [6.07, 6.45) is 2.11. The fourth-order valence-corrected chi connectivity index (χ4v) is 8.96. The summed E-state index contributed by atoms with van der Waals surface area (Å²) in [5.74, 6) is -2.49. The molecule has 3 aliphatic rings. The number of phenolic OH excluding ortho intramolecular Hbond substituents is 1. The lowest BCUT2D eigenvalue weighted by Crippen LogP contribution is -2.46. The molecule has 0 aromatic heterocycles. The first-order valence-corrected chi connectivity index (χ1v) is 16.7. The van der Waals surface area contributed by atoms with Crippen LogP contribution >= 0.6 is 11.8 Å². The van der Waals surface area contributed by atoms with E-state index in [1.165, 1.54) is 17.8 Å². The Morgan fingerprint density at radius 1 is 1.02 bits per heavy atom. The van der Waals surface area contributed by atoms with Gasteiger partial charge in [0.2, 0.25) is 0 Å². The summed E-state index contributed by atoms with van der Waals surface area (Å²) < 4.78 is 77.7. The maximum atomic E-state index is 15.1. The lowest BCUT2D eigenvalue weighted by molar-refractivity contribution is -0.284. The number of Topliss-reactive ketones (excluding diaryl/α,β-unsaturated/α-hetero) is 1. The standard InChI is InChI=1S/C32H45F6NO2S/c1-30-13-11-24-28(25(30)9-10-27(30)41)21(18-22-19-23(40)20-26(33)29(22)24)8-4-3-5-14-39(2)15-7-17-42-16-6-12-31(34,35)32(36,37)38/h19-21,24-25,28,40H,3-18H2,1-2H3/t21-,24+,25+,28-,30+/m1/s1. The summed E-state index contributed by atoms with van der Waals surface area (Å²) in [6.45, 7) is 3.90. The molecular weight excluding hydrogens is 576 g/mol. The van der Waals surface area contributed by atoms with E-state index in [9.17, 15) is 31.9 Å². The second kappa shape index (κ2) is 13.7. The number of carbonyl (C=O) groups excluding carboxylic acids is 1.